The minimum absolute atomic E-state index is 0.0269. The second kappa shape index (κ2) is 15.3. The van der Waals surface area contributed by atoms with E-state index in [9.17, 15) is 15.0 Å². The van der Waals surface area contributed by atoms with Crippen LogP contribution in [0.15, 0.2) is 120 Å². The van der Waals surface area contributed by atoms with Gasteiger partial charge < -0.3 is 10.2 Å². The van der Waals surface area contributed by atoms with E-state index in [1.54, 1.807) is 6.08 Å². The third kappa shape index (κ3) is 9.74. The highest BCUT2D eigenvalue weighted by atomic mass is 16.3. The fourth-order valence-electron chi connectivity index (χ4n) is 6.42. The molecule has 2 saturated carbocycles. The van der Waals surface area contributed by atoms with Crippen molar-refractivity contribution in [3.8, 4) is 0 Å². The lowest BCUT2D eigenvalue weighted by Gasteiger charge is -2.39. The van der Waals surface area contributed by atoms with Gasteiger partial charge in [-0.15, -0.1) is 0 Å². The van der Waals surface area contributed by atoms with Gasteiger partial charge in [0.1, 0.15) is 0 Å². The number of carbonyl (C=O) groups is 1. The van der Waals surface area contributed by atoms with Crippen molar-refractivity contribution in [3.63, 3.8) is 0 Å². The Bertz CT molecular complexity index is 1230. The van der Waals surface area contributed by atoms with Gasteiger partial charge in [0.15, 0.2) is 5.78 Å². The number of aliphatic hydroxyl groups is 2. The average Bonchev–Trinajstić information content (AvgIpc) is 3.27. The molecule has 0 saturated heterocycles. The smallest absolute Gasteiger partial charge is 0.162 e. The quantitative estimate of drug-likeness (QED) is 0.174. The zero-order chi connectivity index (χ0) is 33.3. The van der Waals surface area contributed by atoms with E-state index in [0.717, 1.165) is 40.7 Å². The summed E-state index contributed by atoms with van der Waals surface area (Å²) < 4.78 is 0. The van der Waals surface area contributed by atoms with Gasteiger partial charge in [-0.05, 0) is 81.3 Å². The van der Waals surface area contributed by atoms with Crippen LogP contribution in [0.1, 0.15) is 94.9 Å². The van der Waals surface area contributed by atoms with E-state index in [0.29, 0.717) is 12.8 Å². The largest absolute Gasteiger partial charge is 0.393 e. The van der Waals surface area contributed by atoms with Crippen LogP contribution in [0.5, 0.6) is 0 Å². The van der Waals surface area contributed by atoms with E-state index in [-0.39, 0.29) is 28.1 Å². The van der Waals surface area contributed by atoms with Crippen LogP contribution in [-0.2, 0) is 4.79 Å². The summed E-state index contributed by atoms with van der Waals surface area (Å²) in [4.78, 5) is 12.9. The third-order valence-electron chi connectivity index (χ3n) is 10.3. The van der Waals surface area contributed by atoms with Crippen molar-refractivity contribution < 1.29 is 15.0 Å². The molecule has 0 spiro atoms. The molecule has 0 heterocycles. The Labute approximate surface area is 268 Å². The number of aliphatic hydroxyl groups excluding tert-OH is 2. The lowest BCUT2D eigenvalue weighted by molar-refractivity contribution is -0.127. The molecule has 4 atom stereocenters. The molecule has 44 heavy (non-hydrogen) atoms. The first-order valence-corrected chi connectivity index (χ1v) is 16.0. The van der Waals surface area contributed by atoms with Gasteiger partial charge in [-0.2, -0.15) is 0 Å². The molecule has 0 radical (unpaired) electrons. The van der Waals surface area contributed by atoms with E-state index in [4.69, 9.17) is 0 Å². The minimum Gasteiger partial charge on any atom is -0.393 e. The topological polar surface area (TPSA) is 57.5 Å². The number of hydrogen-bond acceptors (Lipinski definition) is 3. The molecule has 2 aliphatic rings. The zero-order valence-electron chi connectivity index (χ0n) is 29.1. The molecule has 0 aliphatic heterocycles. The molecule has 2 aliphatic carbocycles. The van der Waals surface area contributed by atoms with Crippen molar-refractivity contribution in [3.05, 3.63) is 120 Å². The van der Waals surface area contributed by atoms with Gasteiger partial charge in [0.2, 0.25) is 0 Å². The molecular formula is C41H58O3. The van der Waals surface area contributed by atoms with Crippen LogP contribution in [0.2, 0.25) is 0 Å². The van der Waals surface area contributed by atoms with Gasteiger partial charge in [-0.1, -0.05) is 149 Å². The molecule has 0 aromatic heterocycles. The minimum atomic E-state index is -0.534. The van der Waals surface area contributed by atoms with Crippen LogP contribution in [-0.4, -0.2) is 28.2 Å². The van der Waals surface area contributed by atoms with Crippen molar-refractivity contribution >= 4 is 5.78 Å². The van der Waals surface area contributed by atoms with Crippen molar-refractivity contribution in [2.75, 3.05) is 0 Å². The monoisotopic (exact) mass is 598 g/mol. The van der Waals surface area contributed by atoms with Crippen LogP contribution in [0.25, 0.3) is 0 Å². The zero-order valence-corrected chi connectivity index (χ0v) is 29.1. The summed E-state index contributed by atoms with van der Waals surface area (Å²) in [5.74, 6) is 0.0832. The molecule has 0 aromatic rings. The maximum Gasteiger partial charge on any atom is 0.162 e. The van der Waals surface area contributed by atoms with Crippen LogP contribution in [0.4, 0.5) is 0 Å². The first kappa shape index (κ1) is 37.2. The summed E-state index contributed by atoms with van der Waals surface area (Å²) in [6, 6.07) is 0. The summed E-state index contributed by atoms with van der Waals surface area (Å²) in [5, 5.41) is 20.3. The number of allylic oxidation sites excluding steroid dienone is 19. The van der Waals surface area contributed by atoms with Crippen molar-refractivity contribution in [2.24, 2.45) is 21.7 Å². The fourth-order valence-corrected chi connectivity index (χ4v) is 6.42. The predicted octanol–water partition coefficient (Wildman–Crippen LogP) is 10.1. The molecule has 0 amide bonds. The maximum atomic E-state index is 12.9. The van der Waals surface area contributed by atoms with Gasteiger partial charge in [-0.3, -0.25) is 4.79 Å². The molecule has 0 unspecified atom stereocenters. The summed E-state index contributed by atoms with van der Waals surface area (Å²) in [6.07, 6.45) is 30.3. The van der Waals surface area contributed by atoms with Crippen LogP contribution in [0.3, 0.4) is 0 Å². The van der Waals surface area contributed by atoms with Crippen LogP contribution < -0.4 is 0 Å². The van der Waals surface area contributed by atoms with E-state index in [2.05, 4.69) is 105 Å². The Morgan fingerprint density at radius 2 is 0.909 bits per heavy atom. The van der Waals surface area contributed by atoms with E-state index in [1.807, 2.05) is 50.3 Å². The Morgan fingerprint density at radius 3 is 1.32 bits per heavy atom. The Morgan fingerprint density at radius 1 is 0.545 bits per heavy atom. The van der Waals surface area contributed by atoms with Gasteiger partial charge in [0.25, 0.3) is 0 Å². The van der Waals surface area contributed by atoms with E-state index >= 15 is 0 Å². The lowest BCUT2D eigenvalue weighted by atomic mass is 9.65. The van der Waals surface area contributed by atoms with Crippen molar-refractivity contribution in [2.45, 2.75) is 107 Å². The van der Waals surface area contributed by atoms with Crippen LogP contribution in [0, 0.1) is 21.7 Å². The Hall–Kier alpha value is -3.01. The highest BCUT2D eigenvalue weighted by Gasteiger charge is 2.53. The predicted molar refractivity (Wildman–Crippen MR) is 189 cm³/mol. The summed E-state index contributed by atoms with van der Waals surface area (Å²) in [7, 11) is 0. The van der Waals surface area contributed by atoms with Gasteiger partial charge in [0, 0.05) is 5.41 Å². The van der Waals surface area contributed by atoms with Crippen LogP contribution >= 0.6 is 0 Å². The highest BCUT2D eigenvalue weighted by molar-refractivity contribution is 5.95. The molecule has 0 bridgehead atoms. The molecule has 3 heteroatoms. The highest BCUT2D eigenvalue weighted by Crippen LogP contribution is 2.56. The first-order chi connectivity index (χ1) is 20.3. The molecule has 240 valence electrons. The normalized spacial score (nSPS) is 30.3. The molecular weight excluding hydrogens is 540 g/mol. The number of carbonyl (C=O) groups excluding carboxylic acids is 1. The van der Waals surface area contributed by atoms with E-state index < -0.39 is 11.5 Å². The number of rotatable bonds is 12. The van der Waals surface area contributed by atoms with E-state index in [1.165, 1.54) is 0 Å². The molecule has 2 N–H and O–H groups in total. The third-order valence-corrected chi connectivity index (χ3v) is 10.3. The van der Waals surface area contributed by atoms with Crippen molar-refractivity contribution in [1.82, 2.24) is 0 Å². The van der Waals surface area contributed by atoms with Gasteiger partial charge in [0.05, 0.1) is 12.2 Å². The second-order valence-corrected chi connectivity index (χ2v) is 14.9. The SMILES string of the molecule is C=C(/C=C/C(C)=C/C=C/C(C)=C/C=C/C=C(C)/C=C/C=C(C)/C=C/C(=O)[C@@]1(C)C[C@H](O)CC1(C)C)[C@]1(C)C[C@@H](O)CC1(C)C. The summed E-state index contributed by atoms with van der Waals surface area (Å²) >= 11 is 0. The average molecular weight is 599 g/mol. The molecule has 2 rings (SSSR count). The lowest BCUT2D eigenvalue weighted by Crippen LogP contribution is -2.36. The van der Waals surface area contributed by atoms with Crippen molar-refractivity contribution in [1.29, 1.82) is 0 Å². The number of hydrogen-bond donors (Lipinski definition) is 2. The molecule has 2 fully saturated rings. The fraction of sp³-hybridized carbons (Fsp3) is 0.488. The molecule has 0 aromatic carbocycles. The van der Waals surface area contributed by atoms with Gasteiger partial charge >= 0.3 is 0 Å². The standard InChI is InChI=1S/C41H58O3/c1-30(18-14-20-32(3)22-24-34(5)40(10)28-35(42)26-38(40,6)7)16-12-13-17-31(2)19-15-21-33(4)23-25-37(44)41(11)29-36(43)27-39(41,8)9/h12-25,35-36,42-43H,5,26-29H2,1-4,6-11H3/b13-12+,18-14+,19-15+,24-22+,25-23+,30-16+,31-17+,32-20+,33-21+/t35-,36+,40-,41+/m0/s1. The first-order valence-electron chi connectivity index (χ1n) is 16.0. The Kier molecular flexibility index (Phi) is 12.9. The number of ketones is 1. The Balaban J connectivity index is 1.87. The second-order valence-electron chi connectivity index (χ2n) is 14.9. The summed E-state index contributed by atoms with van der Waals surface area (Å²) in [6.45, 7) is 25.3. The molecule has 3 nitrogen and oxygen atoms in total. The van der Waals surface area contributed by atoms with Gasteiger partial charge in [-0.25, -0.2) is 0 Å². The summed E-state index contributed by atoms with van der Waals surface area (Å²) in [5.41, 5.74) is 4.68. The maximum absolute atomic E-state index is 12.9.